The summed E-state index contributed by atoms with van der Waals surface area (Å²) in [5, 5.41) is 0.0440. The molecule has 2 aromatic rings. The first-order valence-electron chi connectivity index (χ1n) is 6.09. The van der Waals surface area contributed by atoms with Crippen LogP contribution in [0.15, 0.2) is 36.4 Å². The van der Waals surface area contributed by atoms with Crippen LogP contribution in [-0.2, 0) is 12.8 Å². The number of rotatable bonds is 4. The summed E-state index contributed by atoms with van der Waals surface area (Å²) < 4.78 is 38.9. The van der Waals surface area contributed by atoms with E-state index in [9.17, 15) is 13.2 Å². The van der Waals surface area contributed by atoms with E-state index in [1.54, 1.807) is 6.07 Å². The van der Waals surface area contributed by atoms with Gasteiger partial charge in [-0.25, -0.2) is 13.2 Å². The highest BCUT2D eigenvalue weighted by molar-refractivity contribution is 6.30. The van der Waals surface area contributed by atoms with Crippen LogP contribution in [0.1, 0.15) is 11.1 Å². The van der Waals surface area contributed by atoms with Crippen molar-refractivity contribution in [3.05, 3.63) is 70.0 Å². The Morgan fingerprint density at radius 3 is 1.95 bits per heavy atom. The van der Waals surface area contributed by atoms with Crippen LogP contribution < -0.4 is 5.73 Å². The molecule has 0 aliphatic rings. The summed E-state index contributed by atoms with van der Waals surface area (Å²) in [5.74, 6) is -2.25. The fraction of sp³-hybridized carbons (Fsp3) is 0.200. The summed E-state index contributed by atoms with van der Waals surface area (Å²) in [5.41, 5.74) is 7.37. The molecule has 0 fully saturated rings. The van der Waals surface area contributed by atoms with Gasteiger partial charge in [-0.1, -0.05) is 23.7 Å². The summed E-state index contributed by atoms with van der Waals surface area (Å²) in [6.07, 6.45) is 0.866. The third kappa shape index (κ3) is 3.74. The van der Waals surface area contributed by atoms with Crippen molar-refractivity contribution in [2.45, 2.75) is 18.9 Å². The smallest absolute Gasteiger partial charge is 0.159 e. The van der Waals surface area contributed by atoms with E-state index >= 15 is 0 Å². The zero-order valence-corrected chi connectivity index (χ0v) is 11.3. The molecule has 20 heavy (non-hydrogen) atoms. The topological polar surface area (TPSA) is 26.0 Å². The normalized spacial score (nSPS) is 12.4. The van der Waals surface area contributed by atoms with Gasteiger partial charge in [0.1, 0.15) is 5.82 Å². The fourth-order valence-electron chi connectivity index (χ4n) is 2.01. The lowest BCUT2D eigenvalue weighted by Gasteiger charge is -2.12. The van der Waals surface area contributed by atoms with E-state index in [1.807, 2.05) is 0 Å². The van der Waals surface area contributed by atoms with E-state index in [4.69, 9.17) is 17.3 Å². The Morgan fingerprint density at radius 1 is 0.850 bits per heavy atom. The minimum Gasteiger partial charge on any atom is -0.327 e. The molecule has 0 amide bonds. The minimum absolute atomic E-state index is 0.0440. The largest absolute Gasteiger partial charge is 0.327 e. The second-order valence-electron chi connectivity index (χ2n) is 4.67. The van der Waals surface area contributed by atoms with E-state index in [2.05, 4.69) is 0 Å². The van der Waals surface area contributed by atoms with Crippen LogP contribution in [0.2, 0.25) is 5.02 Å². The Bertz CT molecular complexity index is 563. The Hall–Kier alpha value is -1.52. The van der Waals surface area contributed by atoms with Gasteiger partial charge in [-0.2, -0.15) is 0 Å². The average Bonchev–Trinajstić information content (AvgIpc) is 2.38. The van der Waals surface area contributed by atoms with Crippen LogP contribution in [-0.4, -0.2) is 6.04 Å². The van der Waals surface area contributed by atoms with Gasteiger partial charge >= 0.3 is 0 Å². The Balaban J connectivity index is 2.02. The third-order valence-electron chi connectivity index (χ3n) is 2.96. The van der Waals surface area contributed by atoms with Gasteiger partial charge in [0.05, 0.1) is 5.02 Å². The van der Waals surface area contributed by atoms with Crippen LogP contribution in [0.4, 0.5) is 13.2 Å². The average molecular weight is 300 g/mol. The van der Waals surface area contributed by atoms with Gasteiger partial charge in [0, 0.05) is 6.04 Å². The monoisotopic (exact) mass is 299 g/mol. The van der Waals surface area contributed by atoms with Crippen molar-refractivity contribution in [2.24, 2.45) is 5.73 Å². The summed E-state index contributed by atoms with van der Waals surface area (Å²) in [7, 11) is 0. The van der Waals surface area contributed by atoms with Gasteiger partial charge in [-0.05, 0) is 48.2 Å². The van der Waals surface area contributed by atoms with Crippen LogP contribution >= 0.6 is 11.6 Å². The molecule has 2 aromatic carbocycles. The number of hydrogen-bond acceptors (Lipinski definition) is 1. The number of benzene rings is 2. The van der Waals surface area contributed by atoms with Gasteiger partial charge in [-0.15, -0.1) is 0 Å². The fourth-order valence-corrected chi connectivity index (χ4v) is 2.21. The molecule has 0 saturated carbocycles. The maximum Gasteiger partial charge on any atom is 0.159 e. The molecule has 0 radical (unpaired) electrons. The SMILES string of the molecule is NC(Cc1ccc(F)c(F)c1)Cc1ccc(F)c(Cl)c1. The second-order valence-corrected chi connectivity index (χ2v) is 5.07. The standard InChI is InChI=1S/C15H13ClF3N/c16-12-7-9(1-3-13(12)17)5-11(20)6-10-2-4-14(18)15(19)8-10/h1-4,7-8,11H,5-6,20H2. The van der Waals surface area contributed by atoms with Gasteiger partial charge in [0.2, 0.25) is 0 Å². The molecule has 1 nitrogen and oxygen atoms in total. The Morgan fingerprint density at radius 2 is 1.40 bits per heavy atom. The molecule has 1 unspecified atom stereocenters. The van der Waals surface area contributed by atoms with E-state index in [0.29, 0.717) is 18.4 Å². The van der Waals surface area contributed by atoms with E-state index in [1.165, 1.54) is 18.2 Å². The molecular weight excluding hydrogens is 287 g/mol. The zero-order valence-electron chi connectivity index (χ0n) is 10.5. The van der Waals surface area contributed by atoms with E-state index in [-0.39, 0.29) is 11.1 Å². The molecule has 0 saturated heterocycles. The van der Waals surface area contributed by atoms with Crippen molar-refractivity contribution >= 4 is 11.6 Å². The first-order valence-corrected chi connectivity index (χ1v) is 6.47. The summed E-state index contributed by atoms with van der Waals surface area (Å²) in [6.45, 7) is 0. The van der Waals surface area contributed by atoms with Crippen LogP contribution in [0.5, 0.6) is 0 Å². The number of nitrogens with two attached hydrogens (primary N) is 1. The predicted molar refractivity (Wildman–Crippen MR) is 73.2 cm³/mol. The van der Waals surface area contributed by atoms with Crippen LogP contribution in [0, 0.1) is 17.5 Å². The van der Waals surface area contributed by atoms with Crippen LogP contribution in [0.3, 0.4) is 0 Å². The molecule has 106 valence electrons. The maximum atomic E-state index is 13.1. The Labute approximate surface area is 120 Å². The lowest BCUT2D eigenvalue weighted by Crippen LogP contribution is -2.25. The van der Waals surface area contributed by atoms with E-state index < -0.39 is 17.5 Å². The van der Waals surface area contributed by atoms with Gasteiger partial charge in [-0.3, -0.25) is 0 Å². The minimum atomic E-state index is -0.889. The molecule has 0 aliphatic heterocycles. The molecule has 0 aromatic heterocycles. The lowest BCUT2D eigenvalue weighted by molar-refractivity contribution is 0.506. The number of hydrogen-bond donors (Lipinski definition) is 1. The second kappa shape index (κ2) is 6.29. The third-order valence-corrected chi connectivity index (χ3v) is 3.25. The summed E-state index contributed by atoms with van der Waals surface area (Å²) in [4.78, 5) is 0. The highest BCUT2D eigenvalue weighted by Crippen LogP contribution is 2.18. The zero-order chi connectivity index (χ0) is 14.7. The molecule has 0 bridgehead atoms. The van der Waals surface area contributed by atoms with Gasteiger partial charge < -0.3 is 5.73 Å². The van der Waals surface area contributed by atoms with Crippen molar-refractivity contribution in [3.63, 3.8) is 0 Å². The highest BCUT2D eigenvalue weighted by atomic mass is 35.5. The van der Waals surface area contributed by atoms with Gasteiger partial charge in [0.15, 0.2) is 11.6 Å². The summed E-state index contributed by atoms with van der Waals surface area (Å²) in [6, 6.07) is 7.81. The lowest BCUT2D eigenvalue weighted by atomic mass is 9.99. The van der Waals surface area contributed by atoms with Gasteiger partial charge in [0.25, 0.3) is 0 Å². The molecule has 5 heteroatoms. The first kappa shape index (κ1) is 14.9. The molecule has 2 rings (SSSR count). The molecule has 2 N–H and O–H groups in total. The molecule has 1 atom stereocenters. The molecule has 0 spiro atoms. The van der Waals surface area contributed by atoms with E-state index in [0.717, 1.165) is 17.7 Å². The molecular formula is C15H13ClF3N. The predicted octanol–water partition coefficient (Wildman–Crippen LogP) is 3.87. The van der Waals surface area contributed by atoms with Crippen molar-refractivity contribution in [2.75, 3.05) is 0 Å². The Kier molecular flexibility index (Phi) is 4.68. The quantitative estimate of drug-likeness (QED) is 0.911. The molecule has 0 heterocycles. The molecule has 0 aliphatic carbocycles. The van der Waals surface area contributed by atoms with Crippen molar-refractivity contribution in [1.82, 2.24) is 0 Å². The van der Waals surface area contributed by atoms with Crippen LogP contribution in [0.25, 0.3) is 0 Å². The first-order chi connectivity index (χ1) is 9.45. The summed E-state index contributed by atoms with van der Waals surface area (Å²) >= 11 is 5.69. The van der Waals surface area contributed by atoms with Crippen molar-refractivity contribution < 1.29 is 13.2 Å². The highest BCUT2D eigenvalue weighted by Gasteiger charge is 2.09. The maximum absolute atomic E-state index is 13.1. The number of halogens is 4. The van der Waals surface area contributed by atoms with Crippen molar-refractivity contribution in [1.29, 1.82) is 0 Å². The van der Waals surface area contributed by atoms with Crippen molar-refractivity contribution in [3.8, 4) is 0 Å².